The summed E-state index contributed by atoms with van der Waals surface area (Å²) >= 11 is 0. The van der Waals surface area contributed by atoms with Crippen molar-refractivity contribution < 1.29 is 24.4 Å². The Hall–Kier alpha value is -2.64. The Kier molecular flexibility index (Phi) is 4.77. The molecule has 1 atom stereocenters. The second-order valence-corrected chi connectivity index (χ2v) is 6.62. The standard InChI is InChI=1S/C16H20N2O6/c1-16(2,3)24-15(21)12-8-5-9-17(12)14(20)10-6-4-7-11(13(10)19)18(22)23/h4,6-7,12,19H,5,8-9H2,1-3H3/t12-/m1/s1. The van der Waals surface area contributed by atoms with Gasteiger partial charge in [0.05, 0.1) is 10.5 Å². The van der Waals surface area contributed by atoms with E-state index in [0.717, 1.165) is 6.07 Å². The van der Waals surface area contributed by atoms with E-state index in [0.29, 0.717) is 19.4 Å². The predicted octanol–water partition coefficient (Wildman–Crippen LogP) is 2.25. The number of nitro benzene ring substituents is 1. The molecule has 0 spiro atoms. The molecule has 2 rings (SSSR count). The highest BCUT2D eigenvalue weighted by Gasteiger charge is 2.38. The van der Waals surface area contributed by atoms with E-state index < -0.39 is 39.9 Å². The Morgan fingerprint density at radius 1 is 1.38 bits per heavy atom. The number of phenols is 1. The number of likely N-dealkylation sites (tertiary alicyclic amines) is 1. The highest BCUT2D eigenvalue weighted by atomic mass is 16.6. The van der Waals surface area contributed by atoms with Crippen LogP contribution in [0.5, 0.6) is 5.75 Å². The fraction of sp³-hybridized carbons (Fsp3) is 0.500. The van der Waals surface area contributed by atoms with Crippen molar-refractivity contribution in [3.8, 4) is 5.75 Å². The Morgan fingerprint density at radius 3 is 2.62 bits per heavy atom. The lowest BCUT2D eigenvalue weighted by Crippen LogP contribution is -2.43. The summed E-state index contributed by atoms with van der Waals surface area (Å²) < 4.78 is 5.33. The van der Waals surface area contributed by atoms with E-state index in [4.69, 9.17) is 4.74 Å². The number of nitro groups is 1. The van der Waals surface area contributed by atoms with Crippen LogP contribution in [0.3, 0.4) is 0 Å². The first kappa shape index (κ1) is 17.7. The van der Waals surface area contributed by atoms with Crippen molar-refractivity contribution in [2.45, 2.75) is 45.3 Å². The fourth-order valence-electron chi connectivity index (χ4n) is 2.63. The maximum Gasteiger partial charge on any atom is 0.329 e. The minimum absolute atomic E-state index is 0.195. The molecule has 130 valence electrons. The lowest BCUT2D eigenvalue weighted by atomic mass is 10.1. The molecule has 0 bridgehead atoms. The number of phenolic OH excluding ortho intramolecular Hbond substituents is 1. The highest BCUT2D eigenvalue weighted by Crippen LogP contribution is 2.32. The van der Waals surface area contributed by atoms with Gasteiger partial charge >= 0.3 is 11.7 Å². The lowest BCUT2D eigenvalue weighted by molar-refractivity contribution is -0.385. The van der Waals surface area contributed by atoms with Crippen molar-refractivity contribution >= 4 is 17.6 Å². The molecule has 0 saturated carbocycles. The van der Waals surface area contributed by atoms with Crippen molar-refractivity contribution in [3.63, 3.8) is 0 Å². The number of para-hydroxylation sites is 1. The lowest BCUT2D eigenvalue weighted by Gasteiger charge is -2.27. The summed E-state index contributed by atoms with van der Waals surface area (Å²) in [4.78, 5) is 36.4. The molecule has 1 aromatic rings. The molecule has 1 aliphatic rings. The second-order valence-electron chi connectivity index (χ2n) is 6.62. The van der Waals surface area contributed by atoms with Crippen molar-refractivity contribution in [2.75, 3.05) is 6.54 Å². The van der Waals surface area contributed by atoms with Crippen LogP contribution in [0.2, 0.25) is 0 Å². The average molecular weight is 336 g/mol. The Bertz CT molecular complexity index is 680. The molecule has 1 heterocycles. The van der Waals surface area contributed by atoms with Gasteiger partial charge in [0.15, 0.2) is 0 Å². The number of nitrogens with zero attached hydrogens (tertiary/aromatic N) is 2. The number of benzene rings is 1. The SMILES string of the molecule is CC(C)(C)OC(=O)[C@H]1CCCN1C(=O)c1cccc([N+](=O)[O-])c1O. The maximum absolute atomic E-state index is 12.7. The summed E-state index contributed by atoms with van der Waals surface area (Å²) in [5.74, 6) is -1.83. The molecule has 8 heteroatoms. The van der Waals surface area contributed by atoms with Crippen LogP contribution in [-0.2, 0) is 9.53 Å². The number of hydrogen-bond donors (Lipinski definition) is 1. The van der Waals surface area contributed by atoms with E-state index in [9.17, 15) is 24.8 Å². The molecule has 1 saturated heterocycles. The zero-order valence-electron chi connectivity index (χ0n) is 13.8. The number of carbonyl (C=O) groups is 2. The summed E-state index contributed by atoms with van der Waals surface area (Å²) in [5, 5.41) is 20.9. The number of carbonyl (C=O) groups excluding carboxylic acids is 2. The van der Waals surface area contributed by atoms with Crippen LogP contribution in [0.1, 0.15) is 44.0 Å². The number of aromatic hydroxyl groups is 1. The fourth-order valence-corrected chi connectivity index (χ4v) is 2.63. The van der Waals surface area contributed by atoms with Crippen LogP contribution in [0.15, 0.2) is 18.2 Å². The Balaban J connectivity index is 2.27. The summed E-state index contributed by atoms with van der Waals surface area (Å²) in [5.41, 5.74) is -1.42. The largest absolute Gasteiger partial charge is 0.502 e. The van der Waals surface area contributed by atoms with Crippen LogP contribution in [-0.4, -0.2) is 45.0 Å². The number of amides is 1. The number of rotatable bonds is 3. The summed E-state index contributed by atoms with van der Waals surface area (Å²) in [7, 11) is 0. The minimum Gasteiger partial charge on any atom is -0.502 e. The third-order valence-electron chi connectivity index (χ3n) is 3.63. The molecule has 24 heavy (non-hydrogen) atoms. The van der Waals surface area contributed by atoms with Gasteiger partial charge in [0.25, 0.3) is 5.91 Å². The summed E-state index contributed by atoms with van der Waals surface area (Å²) in [6.07, 6.45) is 1.07. The molecule has 0 aromatic heterocycles. The Morgan fingerprint density at radius 2 is 2.04 bits per heavy atom. The van der Waals surface area contributed by atoms with E-state index in [1.54, 1.807) is 20.8 Å². The minimum atomic E-state index is -0.762. The van der Waals surface area contributed by atoms with E-state index in [-0.39, 0.29) is 5.56 Å². The average Bonchev–Trinajstić information content (AvgIpc) is 2.94. The molecular formula is C16H20N2O6. The molecule has 1 aromatic carbocycles. The zero-order valence-corrected chi connectivity index (χ0v) is 13.8. The van der Waals surface area contributed by atoms with E-state index in [1.807, 2.05) is 0 Å². The highest BCUT2D eigenvalue weighted by molar-refractivity contribution is 6.00. The van der Waals surface area contributed by atoms with Crippen LogP contribution < -0.4 is 0 Å². The van der Waals surface area contributed by atoms with Gasteiger partial charge in [0, 0.05) is 12.6 Å². The molecule has 0 aliphatic carbocycles. The van der Waals surface area contributed by atoms with Gasteiger partial charge in [-0.05, 0) is 39.7 Å². The normalized spacial score (nSPS) is 17.6. The van der Waals surface area contributed by atoms with Gasteiger partial charge < -0.3 is 14.7 Å². The van der Waals surface area contributed by atoms with E-state index in [2.05, 4.69) is 0 Å². The van der Waals surface area contributed by atoms with Gasteiger partial charge in [-0.3, -0.25) is 14.9 Å². The van der Waals surface area contributed by atoms with Gasteiger partial charge in [0.1, 0.15) is 11.6 Å². The van der Waals surface area contributed by atoms with Crippen LogP contribution in [0.4, 0.5) is 5.69 Å². The van der Waals surface area contributed by atoms with Crippen molar-refractivity contribution in [2.24, 2.45) is 0 Å². The molecule has 1 fully saturated rings. The zero-order chi connectivity index (χ0) is 18.1. The number of ether oxygens (including phenoxy) is 1. The maximum atomic E-state index is 12.7. The van der Waals surface area contributed by atoms with Crippen molar-refractivity contribution in [1.29, 1.82) is 0 Å². The van der Waals surface area contributed by atoms with E-state index in [1.165, 1.54) is 17.0 Å². The smallest absolute Gasteiger partial charge is 0.329 e. The van der Waals surface area contributed by atoms with Gasteiger partial charge in [-0.2, -0.15) is 0 Å². The van der Waals surface area contributed by atoms with Crippen LogP contribution in [0.25, 0.3) is 0 Å². The van der Waals surface area contributed by atoms with Crippen molar-refractivity contribution in [1.82, 2.24) is 4.90 Å². The molecule has 0 unspecified atom stereocenters. The first-order valence-electron chi connectivity index (χ1n) is 7.62. The van der Waals surface area contributed by atoms with Crippen LogP contribution in [0, 0.1) is 10.1 Å². The molecule has 0 radical (unpaired) electrons. The monoisotopic (exact) mass is 336 g/mol. The summed E-state index contributed by atoms with van der Waals surface area (Å²) in [6, 6.07) is 2.98. The summed E-state index contributed by atoms with van der Waals surface area (Å²) in [6.45, 7) is 5.53. The van der Waals surface area contributed by atoms with Gasteiger partial charge in [-0.1, -0.05) is 6.07 Å². The molecule has 1 aliphatic heterocycles. The van der Waals surface area contributed by atoms with Crippen molar-refractivity contribution in [3.05, 3.63) is 33.9 Å². The topological polar surface area (TPSA) is 110 Å². The van der Waals surface area contributed by atoms with E-state index >= 15 is 0 Å². The van der Waals surface area contributed by atoms with Gasteiger partial charge in [-0.25, -0.2) is 4.79 Å². The predicted molar refractivity (Wildman–Crippen MR) is 84.7 cm³/mol. The first-order valence-corrected chi connectivity index (χ1v) is 7.62. The third kappa shape index (κ3) is 3.64. The van der Waals surface area contributed by atoms with Gasteiger partial charge in [-0.15, -0.1) is 0 Å². The molecule has 1 N–H and O–H groups in total. The second kappa shape index (κ2) is 6.46. The first-order chi connectivity index (χ1) is 11.1. The Labute approximate surface area is 139 Å². The van der Waals surface area contributed by atoms with Crippen LogP contribution >= 0.6 is 0 Å². The molecular weight excluding hydrogens is 316 g/mol. The number of hydrogen-bond acceptors (Lipinski definition) is 6. The molecule has 1 amide bonds. The quantitative estimate of drug-likeness (QED) is 0.515. The molecule has 8 nitrogen and oxygen atoms in total. The third-order valence-corrected chi connectivity index (χ3v) is 3.63. The van der Waals surface area contributed by atoms with Gasteiger partial charge in [0.2, 0.25) is 5.75 Å². The number of esters is 1.